The Bertz CT molecular complexity index is 446. The predicted octanol–water partition coefficient (Wildman–Crippen LogP) is 2.88. The molecule has 2 unspecified atom stereocenters. The van der Waals surface area contributed by atoms with E-state index in [2.05, 4.69) is 11.9 Å². The number of hydrogen-bond acceptors (Lipinski definition) is 4. The summed E-state index contributed by atoms with van der Waals surface area (Å²) in [6, 6.07) is 3.55. The second-order valence-corrected chi connectivity index (χ2v) is 5.57. The summed E-state index contributed by atoms with van der Waals surface area (Å²) >= 11 is 0. The molecule has 1 saturated carbocycles. The van der Waals surface area contributed by atoms with Crippen molar-refractivity contribution in [3.8, 4) is 0 Å². The lowest BCUT2D eigenvalue weighted by Gasteiger charge is -2.27. The van der Waals surface area contributed by atoms with Crippen molar-refractivity contribution in [2.45, 2.75) is 38.7 Å². The van der Waals surface area contributed by atoms with Gasteiger partial charge >= 0.3 is 5.97 Å². The van der Waals surface area contributed by atoms with Crippen LogP contribution in [-0.2, 0) is 4.74 Å². The Labute approximate surface area is 114 Å². The average Bonchev–Trinajstić information content (AvgIpc) is 2.38. The van der Waals surface area contributed by atoms with Crippen LogP contribution < -0.4 is 4.90 Å². The molecule has 1 aliphatic carbocycles. The third-order valence-corrected chi connectivity index (χ3v) is 3.59. The number of nitrogens with zero attached hydrogens (tertiary/aromatic N) is 2. The highest BCUT2D eigenvalue weighted by Crippen LogP contribution is 2.27. The van der Waals surface area contributed by atoms with Gasteiger partial charge in [-0.1, -0.05) is 13.3 Å². The molecule has 4 nitrogen and oxygen atoms in total. The summed E-state index contributed by atoms with van der Waals surface area (Å²) in [5, 5.41) is 0. The quantitative estimate of drug-likeness (QED) is 0.786. The van der Waals surface area contributed by atoms with Gasteiger partial charge in [-0.05, 0) is 37.3 Å². The van der Waals surface area contributed by atoms with Crippen LogP contribution in [0.3, 0.4) is 0 Å². The molecule has 1 aliphatic rings. The molecule has 0 saturated heterocycles. The minimum Gasteiger partial charge on any atom is -0.459 e. The fourth-order valence-electron chi connectivity index (χ4n) is 2.61. The molecule has 1 aromatic rings. The number of carbonyl (C=O) groups is 1. The molecule has 1 heterocycles. The first-order valence-electron chi connectivity index (χ1n) is 6.91. The summed E-state index contributed by atoms with van der Waals surface area (Å²) in [7, 11) is 3.75. The van der Waals surface area contributed by atoms with E-state index in [4.69, 9.17) is 4.74 Å². The van der Waals surface area contributed by atoms with E-state index in [-0.39, 0.29) is 12.1 Å². The van der Waals surface area contributed by atoms with Gasteiger partial charge in [0.05, 0.1) is 0 Å². The summed E-state index contributed by atoms with van der Waals surface area (Å²) in [5.41, 5.74) is 0.547. The molecule has 4 heteroatoms. The molecule has 104 valence electrons. The Kier molecular flexibility index (Phi) is 4.40. The molecule has 0 bridgehead atoms. The monoisotopic (exact) mass is 262 g/mol. The Morgan fingerprint density at radius 3 is 2.89 bits per heavy atom. The first kappa shape index (κ1) is 13.8. The van der Waals surface area contributed by atoms with Gasteiger partial charge in [-0.3, -0.25) is 0 Å². The van der Waals surface area contributed by atoms with Gasteiger partial charge in [-0.2, -0.15) is 0 Å². The molecule has 2 rings (SSSR count). The molecule has 0 N–H and O–H groups in total. The molecule has 2 atom stereocenters. The Balaban J connectivity index is 2.07. The second-order valence-electron chi connectivity index (χ2n) is 5.57. The van der Waals surface area contributed by atoms with E-state index in [0.29, 0.717) is 17.3 Å². The summed E-state index contributed by atoms with van der Waals surface area (Å²) < 4.78 is 5.63. The summed E-state index contributed by atoms with van der Waals surface area (Å²) in [4.78, 5) is 18.3. The molecule has 0 aromatic carbocycles. The van der Waals surface area contributed by atoms with Gasteiger partial charge in [-0.15, -0.1) is 0 Å². The van der Waals surface area contributed by atoms with Gasteiger partial charge in [0.2, 0.25) is 0 Å². The van der Waals surface area contributed by atoms with Gasteiger partial charge in [0.1, 0.15) is 17.5 Å². The van der Waals surface area contributed by atoms with Crippen molar-refractivity contribution in [1.82, 2.24) is 4.98 Å². The van der Waals surface area contributed by atoms with E-state index in [9.17, 15) is 4.79 Å². The van der Waals surface area contributed by atoms with E-state index >= 15 is 0 Å². The molecular weight excluding hydrogens is 240 g/mol. The Hall–Kier alpha value is -1.58. The molecule has 1 fully saturated rings. The summed E-state index contributed by atoms with van der Waals surface area (Å²) in [6.07, 6.45) is 6.09. The zero-order valence-electron chi connectivity index (χ0n) is 11.9. The van der Waals surface area contributed by atoms with E-state index < -0.39 is 0 Å². The molecule has 0 radical (unpaired) electrons. The van der Waals surface area contributed by atoms with Crippen LogP contribution in [-0.4, -0.2) is 31.2 Å². The van der Waals surface area contributed by atoms with Gasteiger partial charge in [0.15, 0.2) is 0 Å². The lowest BCUT2D eigenvalue weighted by atomic mass is 9.89. The largest absolute Gasteiger partial charge is 0.459 e. The number of rotatable bonds is 3. The number of ether oxygens (including phenoxy) is 1. The molecule has 0 amide bonds. The lowest BCUT2D eigenvalue weighted by Crippen LogP contribution is -2.25. The fourth-order valence-corrected chi connectivity index (χ4v) is 2.61. The average molecular weight is 262 g/mol. The van der Waals surface area contributed by atoms with E-state index in [1.54, 1.807) is 18.3 Å². The SMILES string of the molecule is CC1CCCC(OC(=O)c2cccnc2N(C)C)C1. The van der Waals surface area contributed by atoms with Gasteiger partial charge < -0.3 is 9.64 Å². The summed E-state index contributed by atoms with van der Waals surface area (Å²) in [5.74, 6) is 1.06. The maximum atomic E-state index is 12.3. The minimum atomic E-state index is -0.254. The molecular formula is C15H22N2O2. The highest BCUT2D eigenvalue weighted by Gasteiger charge is 2.24. The van der Waals surface area contributed by atoms with Crippen molar-refractivity contribution in [2.75, 3.05) is 19.0 Å². The van der Waals surface area contributed by atoms with Crippen LogP contribution in [0.2, 0.25) is 0 Å². The van der Waals surface area contributed by atoms with Crippen molar-refractivity contribution in [3.05, 3.63) is 23.9 Å². The molecule has 0 spiro atoms. The maximum Gasteiger partial charge on any atom is 0.342 e. The third kappa shape index (κ3) is 3.46. The summed E-state index contributed by atoms with van der Waals surface area (Å²) in [6.45, 7) is 2.22. The normalized spacial score (nSPS) is 22.9. The molecule has 0 aliphatic heterocycles. The Morgan fingerprint density at radius 2 is 2.21 bits per heavy atom. The number of aromatic nitrogens is 1. The van der Waals surface area contributed by atoms with Crippen LogP contribution in [0.15, 0.2) is 18.3 Å². The predicted molar refractivity (Wildman–Crippen MR) is 75.4 cm³/mol. The van der Waals surface area contributed by atoms with Crippen molar-refractivity contribution < 1.29 is 9.53 Å². The highest BCUT2D eigenvalue weighted by atomic mass is 16.5. The van der Waals surface area contributed by atoms with Crippen molar-refractivity contribution in [3.63, 3.8) is 0 Å². The zero-order chi connectivity index (χ0) is 13.8. The molecule has 19 heavy (non-hydrogen) atoms. The van der Waals surface area contributed by atoms with Crippen LogP contribution >= 0.6 is 0 Å². The third-order valence-electron chi connectivity index (χ3n) is 3.59. The van der Waals surface area contributed by atoms with Crippen molar-refractivity contribution in [2.24, 2.45) is 5.92 Å². The first-order valence-corrected chi connectivity index (χ1v) is 6.91. The smallest absolute Gasteiger partial charge is 0.342 e. The van der Waals surface area contributed by atoms with Crippen LogP contribution in [0.5, 0.6) is 0 Å². The fraction of sp³-hybridized carbons (Fsp3) is 0.600. The standard InChI is InChI=1S/C15H22N2O2/c1-11-6-4-7-12(10-11)19-15(18)13-8-5-9-16-14(13)17(2)3/h5,8-9,11-12H,4,6-7,10H2,1-3H3. The lowest BCUT2D eigenvalue weighted by molar-refractivity contribution is 0.0155. The highest BCUT2D eigenvalue weighted by molar-refractivity contribution is 5.94. The minimum absolute atomic E-state index is 0.0615. The number of anilines is 1. The number of esters is 1. The van der Waals surface area contributed by atoms with E-state index in [0.717, 1.165) is 19.3 Å². The van der Waals surface area contributed by atoms with Gasteiger partial charge in [0, 0.05) is 20.3 Å². The first-order chi connectivity index (χ1) is 9.08. The number of carbonyl (C=O) groups excluding carboxylic acids is 1. The van der Waals surface area contributed by atoms with Crippen molar-refractivity contribution >= 4 is 11.8 Å². The second kappa shape index (κ2) is 6.04. The van der Waals surface area contributed by atoms with Crippen LogP contribution in [0.1, 0.15) is 43.0 Å². The van der Waals surface area contributed by atoms with E-state index in [1.165, 1.54) is 6.42 Å². The van der Waals surface area contributed by atoms with Crippen LogP contribution in [0, 0.1) is 5.92 Å². The topological polar surface area (TPSA) is 42.4 Å². The van der Waals surface area contributed by atoms with E-state index in [1.807, 2.05) is 19.0 Å². The number of pyridine rings is 1. The van der Waals surface area contributed by atoms with Crippen molar-refractivity contribution in [1.29, 1.82) is 0 Å². The number of hydrogen-bond donors (Lipinski definition) is 0. The Morgan fingerprint density at radius 1 is 1.42 bits per heavy atom. The zero-order valence-corrected chi connectivity index (χ0v) is 11.9. The van der Waals surface area contributed by atoms with Crippen LogP contribution in [0.25, 0.3) is 0 Å². The van der Waals surface area contributed by atoms with Crippen LogP contribution in [0.4, 0.5) is 5.82 Å². The molecule has 1 aromatic heterocycles. The van der Waals surface area contributed by atoms with Gasteiger partial charge in [-0.25, -0.2) is 9.78 Å². The van der Waals surface area contributed by atoms with Gasteiger partial charge in [0.25, 0.3) is 0 Å². The maximum absolute atomic E-state index is 12.3.